The summed E-state index contributed by atoms with van der Waals surface area (Å²) < 4.78 is 0. The summed E-state index contributed by atoms with van der Waals surface area (Å²) in [5.74, 6) is 1.65. The minimum atomic E-state index is -0.569. The van der Waals surface area contributed by atoms with Gasteiger partial charge in [-0.1, -0.05) is 44.9 Å². The van der Waals surface area contributed by atoms with Crippen molar-refractivity contribution in [1.82, 2.24) is 15.1 Å². The Hall–Kier alpha value is -1.14. The highest BCUT2D eigenvalue weighted by molar-refractivity contribution is 6.07. The summed E-state index contributed by atoms with van der Waals surface area (Å²) in [5.41, 5.74) is -0.569. The van der Waals surface area contributed by atoms with Crippen LogP contribution in [0.2, 0.25) is 0 Å². The Kier molecular flexibility index (Phi) is 6.50. The van der Waals surface area contributed by atoms with Gasteiger partial charge in [0.25, 0.3) is 5.91 Å². The number of carbonyl (C=O) groups excluding carboxylic acids is 1. The smallest absolute Gasteiger partial charge is 0.254 e. The van der Waals surface area contributed by atoms with Crippen LogP contribution in [-0.2, 0) is 4.79 Å². The van der Waals surface area contributed by atoms with Gasteiger partial charge in [-0.05, 0) is 50.4 Å². The first-order valence-electron chi connectivity index (χ1n) is 12.0. The number of likely N-dealkylation sites (N-methyl/N-ethyl adjacent to an activating group) is 1. The molecule has 2 aliphatic heterocycles. The third-order valence-corrected chi connectivity index (χ3v) is 8.21. The van der Waals surface area contributed by atoms with Crippen LogP contribution in [-0.4, -0.2) is 64.6 Å². The fraction of sp³-hybridized carbons (Fsp3) is 0.913. The van der Waals surface area contributed by atoms with Gasteiger partial charge < -0.3 is 10.4 Å². The van der Waals surface area contributed by atoms with Crippen molar-refractivity contribution >= 4 is 11.9 Å². The fourth-order valence-electron chi connectivity index (χ4n) is 6.49. The molecule has 2 heterocycles. The average Bonchev–Trinajstić information content (AvgIpc) is 3.25. The number of nitrogens with one attached hydrogen (secondary N) is 2. The second-order valence-corrected chi connectivity index (χ2v) is 10.3. The number of aliphatic hydroxyl groups is 1. The third kappa shape index (κ3) is 4.63. The number of aliphatic hydroxyl groups excluding tert-OH is 1. The van der Waals surface area contributed by atoms with Crippen LogP contribution in [0.5, 0.6) is 0 Å². The Morgan fingerprint density at radius 2 is 1.86 bits per heavy atom. The summed E-state index contributed by atoms with van der Waals surface area (Å²) in [6.45, 7) is 1.82. The van der Waals surface area contributed by atoms with Crippen LogP contribution >= 0.6 is 0 Å². The SMILES string of the molecule is CN1C(=N)N[C@](CCC2CCCCC2)(C[C@H]2CCC[C@@H](N3CC[C@H](O)C3)C2)C1=O. The Bertz CT molecular complexity index is 606. The Labute approximate surface area is 175 Å². The lowest BCUT2D eigenvalue weighted by Crippen LogP contribution is -2.50. The van der Waals surface area contributed by atoms with E-state index in [0.29, 0.717) is 12.0 Å². The topological polar surface area (TPSA) is 79.7 Å². The van der Waals surface area contributed by atoms with Crippen molar-refractivity contribution in [3.8, 4) is 0 Å². The molecule has 0 spiro atoms. The molecule has 4 atom stereocenters. The van der Waals surface area contributed by atoms with Crippen LogP contribution in [0.4, 0.5) is 0 Å². The molecule has 0 radical (unpaired) electrons. The number of carbonyl (C=O) groups is 1. The highest BCUT2D eigenvalue weighted by Crippen LogP contribution is 2.39. The van der Waals surface area contributed by atoms with E-state index in [1.54, 1.807) is 7.05 Å². The minimum absolute atomic E-state index is 0.108. The van der Waals surface area contributed by atoms with Crippen molar-refractivity contribution in [2.75, 3.05) is 20.1 Å². The summed E-state index contributed by atoms with van der Waals surface area (Å²) in [5, 5.41) is 21.5. The Morgan fingerprint density at radius 1 is 1.10 bits per heavy atom. The monoisotopic (exact) mass is 404 g/mol. The van der Waals surface area contributed by atoms with Gasteiger partial charge in [-0.3, -0.25) is 20.0 Å². The largest absolute Gasteiger partial charge is 0.392 e. The number of nitrogens with zero attached hydrogens (tertiary/aromatic N) is 2. The zero-order valence-electron chi connectivity index (χ0n) is 18.2. The number of amides is 1. The first-order chi connectivity index (χ1) is 14.0. The number of hydrogen-bond acceptors (Lipinski definition) is 4. The molecule has 29 heavy (non-hydrogen) atoms. The number of rotatable bonds is 6. The summed E-state index contributed by atoms with van der Waals surface area (Å²) in [6, 6.07) is 0.551. The maximum Gasteiger partial charge on any atom is 0.254 e. The van der Waals surface area contributed by atoms with Gasteiger partial charge in [-0.2, -0.15) is 0 Å². The first-order valence-corrected chi connectivity index (χ1v) is 12.0. The molecule has 2 saturated carbocycles. The van der Waals surface area contributed by atoms with E-state index in [2.05, 4.69) is 10.2 Å². The van der Waals surface area contributed by atoms with Crippen molar-refractivity contribution in [3.63, 3.8) is 0 Å². The van der Waals surface area contributed by atoms with E-state index >= 15 is 0 Å². The zero-order chi connectivity index (χ0) is 20.4. The fourth-order valence-corrected chi connectivity index (χ4v) is 6.49. The Balaban J connectivity index is 1.42. The van der Waals surface area contributed by atoms with Gasteiger partial charge in [0, 0.05) is 26.2 Å². The van der Waals surface area contributed by atoms with Gasteiger partial charge in [-0.25, -0.2) is 0 Å². The van der Waals surface area contributed by atoms with E-state index in [9.17, 15) is 9.90 Å². The highest BCUT2D eigenvalue weighted by atomic mass is 16.3. The Morgan fingerprint density at radius 3 is 2.52 bits per heavy atom. The molecule has 4 fully saturated rings. The number of hydrogen-bond donors (Lipinski definition) is 3. The molecule has 0 aromatic heterocycles. The molecule has 4 aliphatic rings. The summed E-state index contributed by atoms with van der Waals surface area (Å²) in [7, 11) is 1.75. The van der Waals surface area contributed by atoms with Crippen molar-refractivity contribution < 1.29 is 9.90 Å². The lowest BCUT2D eigenvalue weighted by atomic mass is 9.74. The standard InChI is InChI=1S/C23H40N4O2/c1-26-21(29)23(25-22(26)24,12-10-17-6-3-2-4-7-17)15-18-8-5-9-19(14-18)27-13-11-20(28)16-27/h17-20,28H,2-16H2,1H3,(H2,24,25)/t18-,19+,20-,23+/m0/s1. The maximum absolute atomic E-state index is 13.2. The molecular weight excluding hydrogens is 364 g/mol. The molecule has 6 nitrogen and oxygen atoms in total. The molecule has 0 aromatic rings. The van der Waals surface area contributed by atoms with E-state index in [0.717, 1.165) is 51.1 Å². The molecule has 0 aromatic carbocycles. The van der Waals surface area contributed by atoms with E-state index in [-0.39, 0.29) is 18.0 Å². The lowest BCUT2D eigenvalue weighted by Gasteiger charge is -2.39. The second kappa shape index (κ2) is 8.93. The highest BCUT2D eigenvalue weighted by Gasteiger charge is 2.49. The molecule has 2 aliphatic carbocycles. The van der Waals surface area contributed by atoms with E-state index in [4.69, 9.17) is 5.41 Å². The van der Waals surface area contributed by atoms with E-state index < -0.39 is 5.54 Å². The predicted octanol–water partition coefficient (Wildman–Crippen LogP) is 3.10. The van der Waals surface area contributed by atoms with Gasteiger partial charge in [0.05, 0.1) is 6.10 Å². The van der Waals surface area contributed by atoms with Crippen LogP contribution in [0, 0.1) is 17.2 Å². The van der Waals surface area contributed by atoms with E-state index in [1.807, 2.05) is 0 Å². The van der Waals surface area contributed by atoms with Gasteiger partial charge in [-0.15, -0.1) is 0 Å². The second-order valence-electron chi connectivity index (χ2n) is 10.3. The quantitative estimate of drug-likeness (QED) is 0.636. The lowest BCUT2D eigenvalue weighted by molar-refractivity contribution is -0.131. The van der Waals surface area contributed by atoms with Crippen molar-refractivity contribution in [2.24, 2.45) is 11.8 Å². The van der Waals surface area contributed by atoms with Crippen molar-refractivity contribution in [3.05, 3.63) is 0 Å². The van der Waals surface area contributed by atoms with Gasteiger partial charge >= 0.3 is 0 Å². The minimum Gasteiger partial charge on any atom is -0.392 e. The van der Waals surface area contributed by atoms with E-state index in [1.165, 1.54) is 56.3 Å². The summed E-state index contributed by atoms with van der Waals surface area (Å²) in [4.78, 5) is 17.2. The van der Waals surface area contributed by atoms with Crippen LogP contribution < -0.4 is 5.32 Å². The molecule has 1 amide bonds. The molecule has 3 N–H and O–H groups in total. The molecule has 164 valence electrons. The zero-order valence-corrected chi connectivity index (χ0v) is 18.2. The predicted molar refractivity (Wildman–Crippen MR) is 115 cm³/mol. The average molecular weight is 405 g/mol. The molecule has 4 rings (SSSR count). The van der Waals surface area contributed by atoms with Gasteiger partial charge in [0.15, 0.2) is 5.96 Å². The number of likely N-dealkylation sites (tertiary alicyclic amines) is 1. The van der Waals surface area contributed by atoms with Crippen LogP contribution in [0.25, 0.3) is 0 Å². The summed E-state index contributed by atoms with van der Waals surface area (Å²) >= 11 is 0. The molecule has 0 bridgehead atoms. The van der Waals surface area contributed by atoms with Crippen molar-refractivity contribution in [1.29, 1.82) is 5.41 Å². The number of guanidine groups is 1. The maximum atomic E-state index is 13.2. The number of β-amino-alcohol motifs (C(OH)–C–C–N with tert-alkyl or cyclic N) is 1. The van der Waals surface area contributed by atoms with Crippen LogP contribution in [0.1, 0.15) is 83.5 Å². The van der Waals surface area contributed by atoms with Gasteiger partial charge in [0.1, 0.15) is 5.54 Å². The summed E-state index contributed by atoms with van der Waals surface area (Å²) in [6.07, 6.45) is 15.0. The van der Waals surface area contributed by atoms with Crippen molar-refractivity contribution in [2.45, 2.75) is 101 Å². The van der Waals surface area contributed by atoms with Crippen LogP contribution in [0.15, 0.2) is 0 Å². The molecule has 0 unspecified atom stereocenters. The molecule has 6 heteroatoms. The normalized spacial score (nSPS) is 37.3. The van der Waals surface area contributed by atoms with Gasteiger partial charge in [0.2, 0.25) is 0 Å². The molecule has 2 saturated heterocycles. The third-order valence-electron chi connectivity index (χ3n) is 8.21. The first kappa shape index (κ1) is 21.1. The van der Waals surface area contributed by atoms with Crippen LogP contribution in [0.3, 0.4) is 0 Å². The molecular formula is C23H40N4O2.